The molecule has 0 atom stereocenters. The van der Waals surface area contributed by atoms with E-state index in [1.54, 1.807) is 0 Å². The molecule has 3 heterocycles. The summed E-state index contributed by atoms with van der Waals surface area (Å²) in [5.74, 6) is -0.143. The third-order valence-corrected chi connectivity index (χ3v) is 3.49. The summed E-state index contributed by atoms with van der Waals surface area (Å²) >= 11 is 1.50. The molecular weight excluding hydrogens is 252 g/mol. The maximum atomic E-state index is 10.6. The number of aliphatic carboxylic acids is 1. The Balaban J connectivity index is 2.05. The van der Waals surface area contributed by atoms with E-state index in [2.05, 4.69) is 15.2 Å². The predicted octanol–water partition coefficient (Wildman–Crippen LogP) is 1.80. The number of thiazole rings is 1. The zero-order chi connectivity index (χ0) is 12.5. The summed E-state index contributed by atoms with van der Waals surface area (Å²) < 4.78 is 1.91. The average Bonchev–Trinajstić information content (AvgIpc) is 3.03. The molecule has 7 heteroatoms. The third kappa shape index (κ3) is 1.78. The van der Waals surface area contributed by atoms with Crippen LogP contribution < -0.4 is 0 Å². The molecule has 92 valence electrons. The van der Waals surface area contributed by atoms with Crippen LogP contribution in [0.4, 0.5) is 0 Å². The Morgan fingerprint density at radius 3 is 3.11 bits per heavy atom. The summed E-state index contributed by atoms with van der Waals surface area (Å²) in [7, 11) is 0. The van der Waals surface area contributed by atoms with Gasteiger partial charge in [-0.15, -0.1) is 21.5 Å². The largest absolute Gasteiger partial charge is 0.481 e. The van der Waals surface area contributed by atoms with E-state index in [9.17, 15) is 4.79 Å². The van der Waals surface area contributed by atoms with E-state index < -0.39 is 5.97 Å². The topological polar surface area (TPSA) is 83.3 Å². The van der Waals surface area contributed by atoms with Crippen molar-refractivity contribution in [3.05, 3.63) is 29.7 Å². The molecule has 0 aromatic carbocycles. The average molecular weight is 262 g/mol. The Morgan fingerprint density at radius 2 is 2.39 bits per heavy atom. The lowest BCUT2D eigenvalue weighted by molar-refractivity contribution is -0.137. The Kier molecular flexibility index (Phi) is 2.60. The number of aryl methyl sites for hydroxylation is 1. The SMILES string of the molecule is O=C(O)CCc1nnc2scc(-c3cc[nH]c3)n12. The number of hydrogen-bond donors (Lipinski definition) is 2. The summed E-state index contributed by atoms with van der Waals surface area (Å²) in [6.45, 7) is 0. The van der Waals surface area contributed by atoms with Crippen LogP contribution in [-0.2, 0) is 11.2 Å². The molecule has 0 radical (unpaired) electrons. The molecule has 0 spiro atoms. The molecule has 3 aromatic heterocycles. The second-order valence-electron chi connectivity index (χ2n) is 3.85. The third-order valence-electron chi connectivity index (χ3n) is 2.67. The molecule has 3 rings (SSSR count). The number of nitrogens with one attached hydrogen (secondary N) is 1. The van der Waals surface area contributed by atoms with Crippen molar-refractivity contribution < 1.29 is 9.90 Å². The van der Waals surface area contributed by atoms with E-state index in [1.165, 1.54) is 11.3 Å². The molecular formula is C11H10N4O2S. The number of carboxylic acid groups (broad SMARTS) is 1. The number of carboxylic acids is 1. The minimum Gasteiger partial charge on any atom is -0.481 e. The molecule has 0 aliphatic rings. The van der Waals surface area contributed by atoms with Crippen molar-refractivity contribution >= 4 is 22.3 Å². The Bertz CT molecular complexity index is 683. The molecule has 0 bridgehead atoms. The molecule has 2 N–H and O–H groups in total. The van der Waals surface area contributed by atoms with Gasteiger partial charge in [0.1, 0.15) is 5.82 Å². The first-order valence-electron chi connectivity index (χ1n) is 5.42. The first-order valence-corrected chi connectivity index (χ1v) is 6.30. The van der Waals surface area contributed by atoms with E-state index >= 15 is 0 Å². The van der Waals surface area contributed by atoms with Crippen LogP contribution in [0.5, 0.6) is 0 Å². The smallest absolute Gasteiger partial charge is 0.303 e. The minimum absolute atomic E-state index is 0.0587. The van der Waals surface area contributed by atoms with Crippen molar-refractivity contribution in [2.45, 2.75) is 12.8 Å². The van der Waals surface area contributed by atoms with Gasteiger partial charge in [0.25, 0.3) is 0 Å². The van der Waals surface area contributed by atoms with E-state index in [0.717, 1.165) is 16.2 Å². The summed E-state index contributed by atoms with van der Waals surface area (Å²) in [6, 6.07) is 1.96. The molecule has 0 unspecified atom stereocenters. The highest BCUT2D eigenvalue weighted by atomic mass is 32.1. The number of aromatic amines is 1. The van der Waals surface area contributed by atoms with Gasteiger partial charge in [-0.25, -0.2) is 0 Å². The molecule has 0 aliphatic heterocycles. The van der Waals surface area contributed by atoms with E-state index in [0.29, 0.717) is 12.2 Å². The summed E-state index contributed by atoms with van der Waals surface area (Å²) in [5.41, 5.74) is 2.03. The summed E-state index contributed by atoms with van der Waals surface area (Å²) in [5, 5.41) is 18.8. The van der Waals surface area contributed by atoms with E-state index in [4.69, 9.17) is 5.11 Å². The van der Waals surface area contributed by atoms with Gasteiger partial charge in [0.05, 0.1) is 12.1 Å². The van der Waals surface area contributed by atoms with Crippen LogP contribution in [0, 0.1) is 0 Å². The monoisotopic (exact) mass is 262 g/mol. The van der Waals surface area contributed by atoms with Crippen molar-refractivity contribution in [2.24, 2.45) is 0 Å². The Labute approximate surface area is 106 Å². The lowest BCUT2D eigenvalue weighted by atomic mass is 10.2. The van der Waals surface area contributed by atoms with Crippen molar-refractivity contribution in [2.75, 3.05) is 0 Å². The van der Waals surface area contributed by atoms with Gasteiger partial charge in [0.15, 0.2) is 0 Å². The summed E-state index contributed by atoms with van der Waals surface area (Å²) in [4.78, 5) is 14.4. The Hall–Kier alpha value is -2.15. The number of hydrogen-bond acceptors (Lipinski definition) is 4. The predicted molar refractivity (Wildman–Crippen MR) is 66.6 cm³/mol. The van der Waals surface area contributed by atoms with Crippen LogP contribution in [0.2, 0.25) is 0 Å². The van der Waals surface area contributed by atoms with Gasteiger partial charge in [-0.2, -0.15) is 0 Å². The standard InChI is InChI=1S/C11H10N4O2S/c16-10(17)2-1-9-13-14-11-15(9)8(6-18-11)7-3-4-12-5-7/h3-6,12H,1-2H2,(H,16,17). The van der Waals surface area contributed by atoms with Crippen molar-refractivity contribution in [1.29, 1.82) is 0 Å². The fraction of sp³-hybridized carbons (Fsp3) is 0.182. The highest BCUT2D eigenvalue weighted by molar-refractivity contribution is 7.15. The quantitative estimate of drug-likeness (QED) is 0.751. The number of nitrogens with zero attached hydrogens (tertiary/aromatic N) is 3. The van der Waals surface area contributed by atoms with Crippen LogP contribution in [0.3, 0.4) is 0 Å². The highest BCUT2D eigenvalue weighted by Gasteiger charge is 2.14. The number of rotatable bonds is 4. The van der Waals surface area contributed by atoms with Crippen molar-refractivity contribution in [1.82, 2.24) is 19.6 Å². The van der Waals surface area contributed by atoms with Gasteiger partial charge in [0.2, 0.25) is 4.96 Å². The fourth-order valence-corrected chi connectivity index (χ4v) is 2.70. The van der Waals surface area contributed by atoms with Crippen LogP contribution in [0.15, 0.2) is 23.8 Å². The van der Waals surface area contributed by atoms with Crippen molar-refractivity contribution in [3.8, 4) is 11.3 Å². The van der Waals surface area contributed by atoms with Crippen LogP contribution in [-0.4, -0.2) is 30.7 Å². The second kappa shape index (κ2) is 4.26. The van der Waals surface area contributed by atoms with Crippen LogP contribution in [0.1, 0.15) is 12.2 Å². The maximum absolute atomic E-state index is 10.6. The van der Waals surface area contributed by atoms with Gasteiger partial charge < -0.3 is 10.1 Å². The first kappa shape index (κ1) is 11.0. The van der Waals surface area contributed by atoms with E-state index in [-0.39, 0.29) is 6.42 Å². The van der Waals surface area contributed by atoms with Gasteiger partial charge in [-0.3, -0.25) is 9.20 Å². The van der Waals surface area contributed by atoms with Gasteiger partial charge in [-0.1, -0.05) is 0 Å². The Morgan fingerprint density at radius 1 is 1.50 bits per heavy atom. The van der Waals surface area contributed by atoms with Crippen LogP contribution in [0.25, 0.3) is 16.2 Å². The normalized spacial score (nSPS) is 11.1. The summed E-state index contributed by atoms with van der Waals surface area (Å²) in [6.07, 6.45) is 4.18. The first-order chi connectivity index (χ1) is 8.75. The second-order valence-corrected chi connectivity index (χ2v) is 4.69. The number of H-pyrrole nitrogens is 1. The zero-order valence-corrected chi connectivity index (χ0v) is 10.1. The highest BCUT2D eigenvalue weighted by Crippen LogP contribution is 2.26. The van der Waals surface area contributed by atoms with Crippen LogP contribution >= 0.6 is 11.3 Å². The van der Waals surface area contributed by atoms with Gasteiger partial charge in [0, 0.05) is 29.8 Å². The van der Waals surface area contributed by atoms with Gasteiger partial charge in [-0.05, 0) is 6.07 Å². The molecule has 18 heavy (non-hydrogen) atoms. The molecule has 0 saturated carbocycles. The lowest BCUT2D eigenvalue weighted by Crippen LogP contribution is -2.01. The molecule has 3 aromatic rings. The van der Waals surface area contributed by atoms with Gasteiger partial charge >= 0.3 is 5.97 Å². The zero-order valence-electron chi connectivity index (χ0n) is 9.33. The molecule has 0 aliphatic carbocycles. The molecule has 0 amide bonds. The van der Waals surface area contributed by atoms with E-state index in [1.807, 2.05) is 28.2 Å². The maximum Gasteiger partial charge on any atom is 0.303 e. The lowest BCUT2D eigenvalue weighted by Gasteiger charge is -1.99. The number of carbonyl (C=O) groups is 1. The number of fused-ring (bicyclic) bond motifs is 1. The fourth-order valence-electron chi connectivity index (χ4n) is 1.84. The number of aromatic nitrogens is 4. The molecule has 0 saturated heterocycles. The minimum atomic E-state index is -0.829. The molecule has 6 nitrogen and oxygen atoms in total. The molecule has 0 fully saturated rings. The van der Waals surface area contributed by atoms with Crippen molar-refractivity contribution in [3.63, 3.8) is 0 Å².